The fourth-order valence-electron chi connectivity index (χ4n) is 0.552. The molecule has 1 heterocycles. The molecule has 54 valence electrons. The molecule has 0 aliphatic carbocycles. The van der Waals surface area contributed by atoms with Gasteiger partial charge in [-0.05, 0) is 0 Å². The summed E-state index contributed by atoms with van der Waals surface area (Å²) in [6.45, 7) is 0. The molecule has 5 heteroatoms. The van der Waals surface area contributed by atoms with Gasteiger partial charge in [-0.2, -0.15) is 4.98 Å². The van der Waals surface area contributed by atoms with Gasteiger partial charge in [0.05, 0.1) is 6.42 Å². The lowest BCUT2D eigenvalue weighted by molar-refractivity contribution is -0.107. The summed E-state index contributed by atoms with van der Waals surface area (Å²) in [4.78, 5) is 13.5. The van der Waals surface area contributed by atoms with Crippen LogP contribution < -0.4 is 5.73 Å². The number of carbonyl (C=O) groups is 1. The average Bonchev–Trinajstić information content (AvgIpc) is 2.13. The van der Waals surface area contributed by atoms with E-state index in [1.165, 1.54) is 0 Å². The molecule has 4 nitrogen and oxygen atoms in total. The van der Waals surface area contributed by atoms with Crippen LogP contribution in [0.1, 0.15) is 5.76 Å². The molecule has 1 aromatic heterocycles. The predicted molar refractivity (Wildman–Crippen MR) is 35.7 cm³/mol. The smallest absolute Gasteiger partial charge is 0.293 e. The minimum Gasteiger partial charge on any atom is -0.427 e. The van der Waals surface area contributed by atoms with Gasteiger partial charge in [-0.3, -0.25) is 0 Å². The Morgan fingerprint density at radius 1 is 1.80 bits per heavy atom. The van der Waals surface area contributed by atoms with Crippen LogP contribution in [-0.4, -0.2) is 11.3 Å². The maximum Gasteiger partial charge on any atom is 0.293 e. The number of nitrogen functional groups attached to an aromatic ring is 1. The summed E-state index contributed by atoms with van der Waals surface area (Å²) in [7, 11) is 0. The Bertz CT molecular complexity index is 246. The molecule has 1 aromatic rings. The second kappa shape index (κ2) is 2.70. The van der Waals surface area contributed by atoms with Crippen LogP contribution in [0.3, 0.4) is 0 Å². The number of halogens is 1. The quantitative estimate of drug-likeness (QED) is 0.645. The van der Waals surface area contributed by atoms with Gasteiger partial charge in [-0.1, -0.05) is 11.6 Å². The van der Waals surface area contributed by atoms with Gasteiger partial charge in [0, 0.05) is 0 Å². The number of nitrogens with two attached hydrogens (primary N) is 1. The van der Waals surface area contributed by atoms with Crippen LogP contribution in [0.25, 0.3) is 0 Å². The molecule has 0 spiro atoms. The van der Waals surface area contributed by atoms with E-state index in [0.717, 1.165) is 0 Å². The zero-order chi connectivity index (χ0) is 7.56. The lowest BCUT2D eigenvalue weighted by Crippen LogP contribution is -1.82. The molecule has 0 fully saturated rings. The van der Waals surface area contributed by atoms with Crippen LogP contribution in [0, 0.1) is 0 Å². The first kappa shape index (κ1) is 7.08. The second-order valence-corrected chi connectivity index (χ2v) is 1.99. The Labute approximate surface area is 62.0 Å². The third-order valence-electron chi connectivity index (χ3n) is 0.935. The standard InChI is InChI=1S/C5H5ClN2O2/c6-4-3(1-2-9)10-5(7)8-4/h2H,1H2,(H2,7,8). The number of aromatic nitrogens is 1. The Hall–Kier alpha value is -1.03. The van der Waals surface area contributed by atoms with Crippen molar-refractivity contribution in [2.45, 2.75) is 6.42 Å². The van der Waals surface area contributed by atoms with Gasteiger partial charge < -0.3 is 14.9 Å². The van der Waals surface area contributed by atoms with Crippen LogP contribution in [0.15, 0.2) is 4.42 Å². The molecule has 0 aromatic carbocycles. The van der Waals surface area contributed by atoms with Crippen molar-refractivity contribution in [3.63, 3.8) is 0 Å². The van der Waals surface area contributed by atoms with E-state index in [0.29, 0.717) is 12.0 Å². The summed E-state index contributed by atoms with van der Waals surface area (Å²) in [6, 6.07) is -0.0122. The molecule has 0 radical (unpaired) electrons. The van der Waals surface area contributed by atoms with Crippen molar-refractivity contribution in [2.75, 3.05) is 5.73 Å². The number of nitrogens with zero attached hydrogens (tertiary/aromatic N) is 1. The summed E-state index contributed by atoms with van der Waals surface area (Å²) < 4.78 is 4.76. The highest BCUT2D eigenvalue weighted by Crippen LogP contribution is 2.17. The van der Waals surface area contributed by atoms with Gasteiger partial charge in [0.2, 0.25) is 0 Å². The molecule has 0 aliphatic rings. The van der Waals surface area contributed by atoms with Gasteiger partial charge in [0.25, 0.3) is 6.01 Å². The molecule has 0 bridgehead atoms. The molecular weight excluding hydrogens is 156 g/mol. The van der Waals surface area contributed by atoms with Crippen molar-refractivity contribution >= 4 is 23.9 Å². The first-order valence-electron chi connectivity index (χ1n) is 2.58. The highest BCUT2D eigenvalue weighted by Gasteiger charge is 2.06. The third kappa shape index (κ3) is 1.27. The summed E-state index contributed by atoms with van der Waals surface area (Å²) in [5.41, 5.74) is 5.13. The fraction of sp³-hybridized carbons (Fsp3) is 0.200. The largest absolute Gasteiger partial charge is 0.427 e. The lowest BCUT2D eigenvalue weighted by atomic mass is 10.4. The minimum absolute atomic E-state index is 0.0122. The van der Waals surface area contributed by atoms with Crippen molar-refractivity contribution in [2.24, 2.45) is 0 Å². The first-order valence-corrected chi connectivity index (χ1v) is 2.96. The van der Waals surface area contributed by atoms with Crippen molar-refractivity contribution in [1.82, 2.24) is 4.98 Å². The average molecular weight is 161 g/mol. The maximum absolute atomic E-state index is 9.95. The van der Waals surface area contributed by atoms with E-state index in [2.05, 4.69) is 4.98 Å². The van der Waals surface area contributed by atoms with Gasteiger partial charge in [-0.25, -0.2) is 0 Å². The Morgan fingerprint density at radius 2 is 2.50 bits per heavy atom. The molecule has 0 amide bonds. The van der Waals surface area contributed by atoms with Gasteiger partial charge in [-0.15, -0.1) is 0 Å². The number of carbonyl (C=O) groups excluding carboxylic acids is 1. The van der Waals surface area contributed by atoms with Crippen molar-refractivity contribution in [3.05, 3.63) is 10.9 Å². The van der Waals surface area contributed by atoms with E-state index in [1.54, 1.807) is 0 Å². The zero-order valence-electron chi connectivity index (χ0n) is 5.00. The van der Waals surface area contributed by atoms with Crippen molar-refractivity contribution < 1.29 is 9.21 Å². The van der Waals surface area contributed by atoms with E-state index in [4.69, 9.17) is 21.8 Å². The summed E-state index contributed by atoms with van der Waals surface area (Å²) in [6.07, 6.45) is 0.787. The number of oxazole rings is 1. The van der Waals surface area contributed by atoms with Crippen molar-refractivity contribution in [1.29, 1.82) is 0 Å². The molecule has 0 atom stereocenters. The second-order valence-electron chi connectivity index (χ2n) is 1.64. The molecule has 0 saturated carbocycles. The van der Waals surface area contributed by atoms with Gasteiger partial charge >= 0.3 is 0 Å². The maximum atomic E-state index is 9.95. The van der Waals surface area contributed by atoms with E-state index in [-0.39, 0.29) is 17.6 Å². The molecule has 0 aliphatic heterocycles. The summed E-state index contributed by atoms with van der Waals surface area (Å²) >= 11 is 5.48. The molecule has 10 heavy (non-hydrogen) atoms. The van der Waals surface area contributed by atoms with E-state index < -0.39 is 0 Å². The van der Waals surface area contributed by atoms with Crippen LogP contribution in [0.4, 0.5) is 6.01 Å². The molecule has 1 rings (SSSR count). The van der Waals surface area contributed by atoms with E-state index >= 15 is 0 Å². The minimum atomic E-state index is -0.0122. The molecular formula is C5H5ClN2O2. The van der Waals surface area contributed by atoms with Crippen LogP contribution >= 0.6 is 11.6 Å². The summed E-state index contributed by atoms with van der Waals surface area (Å²) in [5.74, 6) is 0.314. The number of anilines is 1. The lowest BCUT2D eigenvalue weighted by Gasteiger charge is -1.82. The highest BCUT2D eigenvalue weighted by atomic mass is 35.5. The monoisotopic (exact) mass is 160 g/mol. The highest BCUT2D eigenvalue weighted by molar-refractivity contribution is 6.30. The number of hydrogen-bond donors (Lipinski definition) is 1. The zero-order valence-corrected chi connectivity index (χ0v) is 5.76. The number of rotatable bonds is 2. The Kier molecular flexibility index (Phi) is 1.91. The molecule has 0 unspecified atom stereocenters. The normalized spacial score (nSPS) is 9.70. The van der Waals surface area contributed by atoms with Gasteiger partial charge in [0.1, 0.15) is 6.29 Å². The van der Waals surface area contributed by atoms with Crippen LogP contribution in [0.2, 0.25) is 5.15 Å². The third-order valence-corrected chi connectivity index (χ3v) is 1.23. The number of aldehydes is 1. The van der Waals surface area contributed by atoms with E-state index in [9.17, 15) is 4.79 Å². The Balaban J connectivity index is 2.91. The van der Waals surface area contributed by atoms with Crippen molar-refractivity contribution in [3.8, 4) is 0 Å². The fourth-order valence-corrected chi connectivity index (χ4v) is 0.751. The topological polar surface area (TPSA) is 69.1 Å². The van der Waals surface area contributed by atoms with Crippen LogP contribution in [-0.2, 0) is 11.2 Å². The Morgan fingerprint density at radius 3 is 2.90 bits per heavy atom. The SMILES string of the molecule is Nc1nc(Cl)c(CC=O)o1. The first-order chi connectivity index (χ1) is 4.74. The van der Waals surface area contributed by atoms with Crippen LogP contribution in [0.5, 0.6) is 0 Å². The van der Waals surface area contributed by atoms with Gasteiger partial charge in [0.15, 0.2) is 10.9 Å². The number of hydrogen-bond acceptors (Lipinski definition) is 4. The predicted octanol–water partition coefficient (Wildman–Crippen LogP) is 0.652. The molecule has 0 saturated heterocycles. The van der Waals surface area contributed by atoms with E-state index in [1.807, 2.05) is 0 Å². The molecule has 2 N–H and O–H groups in total. The summed E-state index contributed by atoms with van der Waals surface area (Å²) in [5, 5.41) is 0.157.